The average molecular weight is 239 g/mol. The van der Waals surface area contributed by atoms with Crippen molar-refractivity contribution < 1.29 is 32.7 Å². The molecular weight excluding hydrogens is 235 g/mol. The van der Waals surface area contributed by atoms with Crippen LogP contribution < -0.4 is 16.3 Å². The Hall–Kier alpha value is -0.746. The van der Waals surface area contributed by atoms with E-state index in [4.69, 9.17) is 5.73 Å². The van der Waals surface area contributed by atoms with Gasteiger partial charge in [0.1, 0.15) is 5.95 Å². The molecule has 7 heteroatoms. The maximum absolute atomic E-state index is 11.0. The van der Waals surface area contributed by atoms with Crippen LogP contribution in [0.15, 0.2) is 11.1 Å². The van der Waals surface area contributed by atoms with Crippen molar-refractivity contribution in [3.05, 3.63) is 16.7 Å². The molecule has 0 saturated heterocycles. The van der Waals surface area contributed by atoms with Crippen LogP contribution in [-0.4, -0.2) is 15.0 Å². The van der Waals surface area contributed by atoms with E-state index in [-0.39, 0.29) is 55.4 Å². The zero-order valence-corrected chi connectivity index (χ0v) is 8.82. The molecule has 0 aromatic carbocycles. The maximum atomic E-state index is 11.0. The monoisotopic (exact) mass is 239 g/mol. The summed E-state index contributed by atoms with van der Waals surface area (Å²) in [5.74, 6) is 0.0583. The van der Waals surface area contributed by atoms with Crippen LogP contribution in [-0.2, 0) is 32.7 Å². The fraction of sp³-hybridized carbons (Fsp3) is 0. The Balaban J connectivity index is 0.000000720. The molecule has 2 aromatic rings. The van der Waals surface area contributed by atoms with Gasteiger partial charge in [-0.2, -0.15) is 0 Å². The van der Waals surface area contributed by atoms with E-state index < -0.39 is 0 Å². The van der Waals surface area contributed by atoms with Crippen molar-refractivity contribution in [2.45, 2.75) is 0 Å². The van der Waals surface area contributed by atoms with E-state index in [2.05, 4.69) is 19.9 Å². The summed E-state index contributed by atoms with van der Waals surface area (Å²) < 4.78 is 0. The van der Waals surface area contributed by atoms with E-state index in [0.717, 1.165) is 0 Å². The number of aromatic nitrogens is 4. The fourth-order valence-electron chi connectivity index (χ4n) is 0.820. The normalized spacial score (nSPS) is 9.67. The van der Waals surface area contributed by atoms with E-state index in [0.29, 0.717) is 0 Å². The molecule has 0 fully saturated rings. The second-order valence-corrected chi connectivity index (χ2v) is 2.00. The molecule has 1 radical (unpaired) electrons. The third-order valence-electron chi connectivity index (χ3n) is 1.26. The maximum Gasteiger partial charge on any atom is 0.260 e. The molecule has 2 heterocycles. The number of aromatic amines is 1. The van der Waals surface area contributed by atoms with Gasteiger partial charge in [-0.3, -0.25) is 4.79 Å². The summed E-state index contributed by atoms with van der Waals surface area (Å²) in [6.07, 6.45) is 1.27. The first-order chi connectivity index (χ1) is 5.27. The number of hydrogen-bond donors (Lipinski definition) is 2. The van der Waals surface area contributed by atoms with Crippen LogP contribution in [0.5, 0.6) is 0 Å². The van der Waals surface area contributed by atoms with Crippen LogP contribution in [0.4, 0.5) is 5.95 Å². The summed E-state index contributed by atoms with van der Waals surface area (Å²) in [5.41, 5.74) is 5.40. The Morgan fingerprint density at radius 2 is 2.33 bits per heavy atom. The number of fused-ring (bicyclic) bond motifs is 1. The molecule has 0 aliphatic carbocycles. The van der Waals surface area contributed by atoms with E-state index in [1.807, 2.05) is 0 Å². The number of hydrogen-bond acceptors (Lipinski definition) is 4. The Kier molecular flexibility index (Phi) is 2.59. The van der Waals surface area contributed by atoms with Crippen molar-refractivity contribution in [2.24, 2.45) is 0 Å². The van der Waals surface area contributed by atoms with Crippen molar-refractivity contribution in [3.8, 4) is 0 Å². The van der Waals surface area contributed by atoms with Crippen LogP contribution in [0.2, 0.25) is 0 Å². The number of nitrogens with one attached hydrogen (secondary N) is 1. The van der Waals surface area contributed by atoms with E-state index >= 15 is 0 Å². The standard InChI is InChI=1S/C5H5N5O.Y/c6-5-9-3-2(4(11)10-5)7-1-8-3;/h1H,(H4,6,7,8,9,10,11);/p-1. The number of nitrogens with two attached hydrogens (primary N) is 1. The summed E-state index contributed by atoms with van der Waals surface area (Å²) in [6, 6.07) is 0. The quantitative estimate of drug-likeness (QED) is 0.605. The Morgan fingerprint density at radius 1 is 1.58 bits per heavy atom. The van der Waals surface area contributed by atoms with Gasteiger partial charge >= 0.3 is 0 Å². The van der Waals surface area contributed by atoms with E-state index in [1.54, 1.807) is 0 Å². The van der Waals surface area contributed by atoms with Gasteiger partial charge in [0.25, 0.3) is 5.56 Å². The molecule has 2 rings (SSSR count). The number of nitrogens with zero attached hydrogens (tertiary/aromatic N) is 3. The minimum absolute atomic E-state index is 0. The molecule has 0 aliphatic heterocycles. The van der Waals surface area contributed by atoms with Crippen molar-refractivity contribution in [1.29, 1.82) is 0 Å². The van der Waals surface area contributed by atoms with Gasteiger partial charge in [-0.25, -0.2) is 0 Å². The molecule has 59 valence electrons. The number of H-pyrrole nitrogens is 1. The molecule has 0 bridgehead atoms. The number of nitrogen functional groups attached to an aromatic ring is 1. The Labute approximate surface area is 91.9 Å². The van der Waals surface area contributed by atoms with Crippen molar-refractivity contribution in [2.75, 3.05) is 5.73 Å². The predicted molar refractivity (Wildman–Crippen MR) is 37.9 cm³/mol. The van der Waals surface area contributed by atoms with Crippen molar-refractivity contribution >= 4 is 17.1 Å². The summed E-state index contributed by atoms with van der Waals surface area (Å²) in [5, 5.41) is 0. The minimum Gasteiger partial charge on any atom is -0.382 e. The summed E-state index contributed by atoms with van der Waals surface area (Å²) in [7, 11) is 0. The van der Waals surface area contributed by atoms with Crippen LogP contribution in [0.25, 0.3) is 11.2 Å². The topological polar surface area (TPSA) is 98.8 Å². The molecule has 12 heavy (non-hydrogen) atoms. The first-order valence-electron chi connectivity index (χ1n) is 2.90. The fourth-order valence-corrected chi connectivity index (χ4v) is 0.820. The van der Waals surface area contributed by atoms with E-state index in [9.17, 15) is 4.79 Å². The molecule has 2 aromatic heterocycles. The summed E-state index contributed by atoms with van der Waals surface area (Å²) in [6.45, 7) is 0. The Bertz CT molecular complexity index is 446. The molecule has 6 nitrogen and oxygen atoms in total. The second-order valence-electron chi connectivity index (χ2n) is 2.00. The first kappa shape index (κ1) is 9.34. The van der Waals surface area contributed by atoms with Gasteiger partial charge < -0.3 is 25.7 Å². The van der Waals surface area contributed by atoms with Gasteiger partial charge in [-0.1, -0.05) is 0 Å². The third-order valence-corrected chi connectivity index (χ3v) is 1.26. The average Bonchev–Trinajstić information content (AvgIpc) is 2.34. The summed E-state index contributed by atoms with van der Waals surface area (Å²) >= 11 is 0. The van der Waals surface area contributed by atoms with Crippen molar-refractivity contribution in [1.82, 2.24) is 19.9 Å². The van der Waals surface area contributed by atoms with Crippen LogP contribution in [0.1, 0.15) is 0 Å². The molecule has 0 saturated carbocycles. The van der Waals surface area contributed by atoms with Gasteiger partial charge in [-0.15, -0.1) is 0 Å². The molecular formula is C5H4N5OY-. The Morgan fingerprint density at radius 3 is 3.08 bits per heavy atom. The minimum atomic E-state index is -0.356. The molecule has 0 aliphatic rings. The van der Waals surface area contributed by atoms with Gasteiger partial charge in [-0.05, 0) is 6.33 Å². The molecule has 0 amide bonds. The van der Waals surface area contributed by atoms with Gasteiger partial charge in [0, 0.05) is 38.4 Å². The van der Waals surface area contributed by atoms with E-state index in [1.165, 1.54) is 6.33 Å². The predicted octanol–water partition coefficient (Wildman–Crippen LogP) is -1.15. The molecule has 0 spiro atoms. The van der Waals surface area contributed by atoms with Gasteiger partial charge in [0.15, 0.2) is 0 Å². The van der Waals surface area contributed by atoms with Gasteiger partial charge in [0.2, 0.25) is 0 Å². The molecule has 3 N–H and O–H groups in total. The molecule has 0 unspecified atom stereocenters. The number of imidazole rings is 1. The van der Waals surface area contributed by atoms with Crippen LogP contribution >= 0.6 is 0 Å². The van der Waals surface area contributed by atoms with Crippen LogP contribution in [0.3, 0.4) is 0 Å². The first-order valence-corrected chi connectivity index (χ1v) is 2.90. The largest absolute Gasteiger partial charge is 0.382 e. The smallest absolute Gasteiger partial charge is 0.260 e. The zero-order chi connectivity index (χ0) is 7.84. The van der Waals surface area contributed by atoms with Gasteiger partial charge in [0.05, 0.1) is 5.52 Å². The molecule has 0 atom stereocenters. The van der Waals surface area contributed by atoms with Crippen molar-refractivity contribution in [3.63, 3.8) is 0 Å². The second kappa shape index (κ2) is 3.32. The third kappa shape index (κ3) is 1.40. The zero-order valence-electron chi connectivity index (χ0n) is 5.98. The SMILES string of the molecule is Nc1nc2[n-]cnc2c(=O)[nH]1.[Y]. The summed E-state index contributed by atoms with van der Waals surface area (Å²) in [4.78, 5) is 24.4. The number of anilines is 1. The van der Waals surface area contributed by atoms with Crippen LogP contribution in [0, 0.1) is 0 Å². The number of rotatable bonds is 0.